The summed E-state index contributed by atoms with van der Waals surface area (Å²) in [6.07, 6.45) is 0. The van der Waals surface area contributed by atoms with Crippen molar-refractivity contribution in [3.05, 3.63) is 71.3 Å². The molecule has 0 aliphatic rings. The summed E-state index contributed by atoms with van der Waals surface area (Å²) in [5.74, 6) is 0.361. The molecule has 142 valence electrons. The van der Waals surface area contributed by atoms with Crippen LogP contribution in [0.15, 0.2) is 69.4 Å². The highest BCUT2D eigenvalue weighted by Crippen LogP contribution is 2.26. The molecule has 1 amide bonds. The van der Waals surface area contributed by atoms with E-state index < -0.39 is 10.0 Å². The molecule has 7 nitrogen and oxygen atoms in total. The Bertz CT molecular complexity index is 1260. The van der Waals surface area contributed by atoms with Gasteiger partial charge in [-0.25, -0.2) is 8.42 Å². The van der Waals surface area contributed by atoms with Gasteiger partial charge >= 0.3 is 0 Å². The summed E-state index contributed by atoms with van der Waals surface area (Å²) < 4.78 is 33.0. The fraction of sp³-hybridized carbons (Fsp3) is 0.0526. The first-order valence-corrected chi connectivity index (χ1v) is 10.6. The number of rotatable bonds is 5. The summed E-state index contributed by atoms with van der Waals surface area (Å²) in [5.41, 5.74) is 1.08. The molecule has 0 aliphatic heterocycles. The average Bonchev–Trinajstić information content (AvgIpc) is 3.28. The maximum absolute atomic E-state index is 12.6. The monoisotopic (exact) mass is 413 g/mol. The molecule has 0 fully saturated rings. The maximum Gasteiger partial charge on any atom is 0.263 e. The van der Waals surface area contributed by atoms with Crippen LogP contribution in [0.5, 0.6) is 0 Å². The Balaban J connectivity index is 1.51. The highest BCUT2D eigenvalue weighted by molar-refractivity contribution is 7.92. The van der Waals surface area contributed by atoms with Gasteiger partial charge in [-0.15, -0.1) is 11.3 Å². The lowest BCUT2D eigenvalue weighted by Crippen LogP contribution is -2.14. The molecule has 0 saturated heterocycles. The fourth-order valence-electron chi connectivity index (χ4n) is 2.68. The number of anilines is 2. The number of amides is 1. The molecular weight excluding hydrogens is 398 g/mol. The van der Waals surface area contributed by atoms with Gasteiger partial charge in [0.25, 0.3) is 15.9 Å². The van der Waals surface area contributed by atoms with Crippen molar-refractivity contribution < 1.29 is 17.7 Å². The maximum atomic E-state index is 12.6. The smallest absolute Gasteiger partial charge is 0.263 e. The van der Waals surface area contributed by atoms with Gasteiger partial charge in [0.2, 0.25) is 0 Å². The van der Waals surface area contributed by atoms with Crippen LogP contribution in [0, 0.1) is 6.92 Å². The zero-order valence-corrected chi connectivity index (χ0v) is 16.3. The lowest BCUT2D eigenvalue weighted by molar-refractivity contribution is 0.102. The van der Waals surface area contributed by atoms with Crippen LogP contribution in [0.3, 0.4) is 0 Å². The Hall–Kier alpha value is -3.17. The van der Waals surface area contributed by atoms with Crippen molar-refractivity contribution in [3.8, 4) is 0 Å². The van der Waals surface area contributed by atoms with E-state index in [1.165, 1.54) is 41.7 Å². The summed E-state index contributed by atoms with van der Waals surface area (Å²) in [6, 6.07) is 15.0. The number of thiophene rings is 1. The van der Waals surface area contributed by atoms with Crippen LogP contribution in [-0.4, -0.2) is 19.5 Å². The second-order valence-corrected chi connectivity index (χ2v) is 8.65. The molecule has 0 spiro atoms. The molecule has 2 aromatic heterocycles. The first-order valence-electron chi connectivity index (χ1n) is 8.26. The van der Waals surface area contributed by atoms with E-state index in [-0.39, 0.29) is 16.6 Å². The Morgan fingerprint density at radius 3 is 2.57 bits per heavy atom. The molecular formula is C19H15N3O4S2. The van der Waals surface area contributed by atoms with E-state index in [0.717, 1.165) is 10.1 Å². The van der Waals surface area contributed by atoms with Crippen molar-refractivity contribution in [1.82, 2.24) is 5.16 Å². The predicted octanol–water partition coefficient (Wildman–Crippen LogP) is 4.25. The molecule has 0 unspecified atom stereocenters. The number of aromatic nitrogens is 1. The Labute approximate surface area is 165 Å². The van der Waals surface area contributed by atoms with Gasteiger partial charge < -0.3 is 9.84 Å². The van der Waals surface area contributed by atoms with Crippen LogP contribution < -0.4 is 10.0 Å². The van der Waals surface area contributed by atoms with Gasteiger partial charge in [-0.2, -0.15) is 0 Å². The van der Waals surface area contributed by atoms with Crippen molar-refractivity contribution in [2.75, 3.05) is 10.0 Å². The first kappa shape index (κ1) is 18.2. The molecule has 2 N–H and O–H groups in total. The number of hydrogen-bond acceptors (Lipinski definition) is 6. The minimum atomic E-state index is -3.80. The number of hydrogen-bond donors (Lipinski definition) is 2. The number of aryl methyl sites for hydroxylation is 1. The Morgan fingerprint density at radius 1 is 1.11 bits per heavy atom. The van der Waals surface area contributed by atoms with Crippen LogP contribution >= 0.6 is 11.3 Å². The van der Waals surface area contributed by atoms with Gasteiger partial charge in [-0.3, -0.25) is 9.52 Å². The topological polar surface area (TPSA) is 101 Å². The van der Waals surface area contributed by atoms with Gasteiger partial charge in [-0.1, -0.05) is 23.4 Å². The molecule has 4 aromatic rings. The zero-order valence-electron chi connectivity index (χ0n) is 14.7. The fourth-order valence-corrected chi connectivity index (χ4v) is 4.61. The second kappa shape index (κ2) is 7.10. The number of nitrogens with zero attached hydrogens (tertiary/aromatic N) is 1. The summed E-state index contributed by atoms with van der Waals surface area (Å²) in [4.78, 5) is 12.6. The predicted molar refractivity (Wildman–Crippen MR) is 108 cm³/mol. The SMILES string of the molecule is Cc1cc(NS(=O)(=O)c2ccc(NC(=O)c3csc4ccccc34)cc2)no1. The highest BCUT2D eigenvalue weighted by atomic mass is 32.2. The third-order valence-corrected chi connectivity index (χ3v) is 6.35. The summed E-state index contributed by atoms with van der Waals surface area (Å²) in [6.45, 7) is 1.67. The number of benzene rings is 2. The molecule has 4 rings (SSSR count). The van der Waals surface area contributed by atoms with Crippen LogP contribution in [0.2, 0.25) is 0 Å². The minimum absolute atomic E-state index is 0.0483. The van der Waals surface area contributed by atoms with Gasteiger partial charge in [-0.05, 0) is 37.3 Å². The van der Waals surface area contributed by atoms with E-state index in [0.29, 0.717) is 17.0 Å². The number of sulfonamides is 1. The minimum Gasteiger partial charge on any atom is -0.360 e. The van der Waals surface area contributed by atoms with Gasteiger partial charge in [0.1, 0.15) is 5.76 Å². The number of carbonyl (C=O) groups excluding carboxylic acids is 1. The van der Waals surface area contributed by atoms with E-state index in [1.54, 1.807) is 6.92 Å². The van der Waals surface area contributed by atoms with Crippen molar-refractivity contribution in [1.29, 1.82) is 0 Å². The van der Waals surface area contributed by atoms with E-state index >= 15 is 0 Å². The Morgan fingerprint density at radius 2 is 1.86 bits per heavy atom. The molecule has 28 heavy (non-hydrogen) atoms. The zero-order chi connectivity index (χ0) is 19.7. The highest BCUT2D eigenvalue weighted by Gasteiger charge is 2.17. The van der Waals surface area contributed by atoms with Gasteiger partial charge in [0.15, 0.2) is 5.82 Å². The molecule has 9 heteroatoms. The van der Waals surface area contributed by atoms with Crippen molar-refractivity contribution in [3.63, 3.8) is 0 Å². The van der Waals surface area contributed by atoms with E-state index in [4.69, 9.17) is 4.52 Å². The number of carbonyl (C=O) groups is 1. The van der Waals surface area contributed by atoms with Crippen molar-refractivity contribution in [2.24, 2.45) is 0 Å². The van der Waals surface area contributed by atoms with Gasteiger partial charge in [0, 0.05) is 27.2 Å². The normalized spacial score (nSPS) is 11.5. The molecule has 2 aromatic carbocycles. The summed E-state index contributed by atoms with van der Waals surface area (Å²) in [5, 5.41) is 9.10. The number of fused-ring (bicyclic) bond motifs is 1. The third-order valence-electron chi connectivity index (χ3n) is 4.01. The summed E-state index contributed by atoms with van der Waals surface area (Å²) >= 11 is 1.50. The van der Waals surface area contributed by atoms with Crippen molar-refractivity contribution in [2.45, 2.75) is 11.8 Å². The van der Waals surface area contributed by atoms with Crippen LogP contribution in [0.25, 0.3) is 10.1 Å². The Kier molecular flexibility index (Phi) is 4.62. The van der Waals surface area contributed by atoms with Crippen LogP contribution in [0.4, 0.5) is 11.5 Å². The quantitative estimate of drug-likeness (QED) is 0.509. The second-order valence-electron chi connectivity index (χ2n) is 6.05. The third kappa shape index (κ3) is 3.62. The number of nitrogens with one attached hydrogen (secondary N) is 2. The van der Waals surface area contributed by atoms with Crippen LogP contribution in [0.1, 0.15) is 16.1 Å². The van der Waals surface area contributed by atoms with E-state index in [1.807, 2.05) is 29.6 Å². The largest absolute Gasteiger partial charge is 0.360 e. The molecule has 0 bridgehead atoms. The first-order chi connectivity index (χ1) is 13.4. The van der Waals surface area contributed by atoms with E-state index in [2.05, 4.69) is 15.2 Å². The van der Waals surface area contributed by atoms with Gasteiger partial charge in [0.05, 0.1) is 10.5 Å². The lowest BCUT2D eigenvalue weighted by atomic mass is 10.1. The van der Waals surface area contributed by atoms with E-state index in [9.17, 15) is 13.2 Å². The summed E-state index contributed by atoms with van der Waals surface area (Å²) in [7, 11) is -3.80. The molecule has 2 heterocycles. The molecule has 0 radical (unpaired) electrons. The molecule has 0 saturated carbocycles. The lowest BCUT2D eigenvalue weighted by Gasteiger charge is -2.07. The molecule has 0 aliphatic carbocycles. The molecule has 0 atom stereocenters. The standard InChI is InChI=1S/C19H15N3O4S2/c1-12-10-18(21-26-12)22-28(24,25)14-8-6-13(7-9-14)20-19(23)16-11-27-17-5-3-2-4-15(16)17/h2-11H,1H3,(H,20,23)(H,21,22). The average molecular weight is 413 g/mol. The van der Waals surface area contributed by atoms with Crippen LogP contribution in [-0.2, 0) is 10.0 Å². The van der Waals surface area contributed by atoms with Crippen molar-refractivity contribution >= 4 is 48.9 Å².